The molecule has 3 N–H and O–H groups in total. The van der Waals surface area contributed by atoms with Crippen molar-refractivity contribution in [1.29, 1.82) is 0 Å². The fourth-order valence-corrected chi connectivity index (χ4v) is 3.31. The molecule has 0 aliphatic heterocycles. The number of rotatable bonds is 10. The van der Waals surface area contributed by atoms with Crippen molar-refractivity contribution < 1.29 is 24.2 Å². The zero-order valence-corrected chi connectivity index (χ0v) is 17.4. The van der Waals surface area contributed by atoms with Crippen LogP contribution in [0.4, 0.5) is 5.69 Å². The van der Waals surface area contributed by atoms with E-state index in [4.69, 9.17) is 4.74 Å². The maximum atomic E-state index is 12.4. The number of thioether (sulfide) groups is 1. The number of hydrogen-bond acceptors (Lipinski definition) is 5. The van der Waals surface area contributed by atoms with Gasteiger partial charge < -0.3 is 20.5 Å². The van der Waals surface area contributed by atoms with Crippen LogP contribution in [-0.4, -0.2) is 35.8 Å². The van der Waals surface area contributed by atoms with Gasteiger partial charge in [0.25, 0.3) is 5.91 Å². The number of carboxylic acids is 1. The van der Waals surface area contributed by atoms with Crippen molar-refractivity contribution in [1.82, 2.24) is 5.32 Å². The molecule has 1 aliphatic rings. The molecular weight excluding hydrogens is 404 g/mol. The van der Waals surface area contributed by atoms with Crippen LogP contribution in [0.5, 0.6) is 5.75 Å². The smallest absolute Gasteiger partial charge is 0.305 e. The van der Waals surface area contributed by atoms with Crippen molar-refractivity contribution in [2.75, 3.05) is 18.2 Å². The van der Waals surface area contributed by atoms with Crippen molar-refractivity contribution in [2.45, 2.75) is 30.2 Å². The lowest BCUT2D eigenvalue weighted by Crippen LogP contribution is -2.33. The van der Waals surface area contributed by atoms with Gasteiger partial charge in [-0.1, -0.05) is 18.2 Å². The van der Waals surface area contributed by atoms with E-state index in [9.17, 15) is 19.5 Å². The van der Waals surface area contributed by atoms with Gasteiger partial charge in [0.1, 0.15) is 5.75 Å². The van der Waals surface area contributed by atoms with Crippen LogP contribution in [0.2, 0.25) is 0 Å². The zero-order chi connectivity index (χ0) is 21.5. The highest BCUT2D eigenvalue weighted by atomic mass is 32.2. The summed E-state index contributed by atoms with van der Waals surface area (Å²) in [5.74, 6) is -0.903. The lowest BCUT2D eigenvalue weighted by Gasteiger charge is -2.18. The van der Waals surface area contributed by atoms with Gasteiger partial charge in [-0.2, -0.15) is 0 Å². The van der Waals surface area contributed by atoms with E-state index in [-0.39, 0.29) is 24.9 Å². The molecular formula is C22H24N2O5S. The molecule has 158 valence electrons. The number of nitrogens with one attached hydrogen (secondary N) is 2. The molecule has 2 amide bonds. The fraction of sp³-hybridized carbons (Fsp3) is 0.318. The van der Waals surface area contributed by atoms with E-state index in [1.54, 1.807) is 36.0 Å². The monoisotopic (exact) mass is 428 g/mol. The van der Waals surface area contributed by atoms with Crippen LogP contribution in [0.3, 0.4) is 0 Å². The van der Waals surface area contributed by atoms with Crippen molar-refractivity contribution in [3.63, 3.8) is 0 Å². The van der Waals surface area contributed by atoms with E-state index in [1.165, 1.54) is 0 Å². The van der Waals surface area contributed by atoms with Crippen LogP contribution in [0.15, 0.2) is 53.4 Å². The highest BCUT2D eigenvalue weighted by Crippen LogP contribution is 2.30. The second-order valence-corrected chi connectivity index (χ2v) is 7.95. The highest BCUT2D eigenvalue weighted by molar-refractivity contribution is 7.98. The molecule has 1 unspecified atom stereocenters. The topological polar surface area (TPSA) is 105 Å². The van der Waals surface area contributed by atoms with Gasteiger partial charge in [0.2, 0.25) is 5.91 Å². The molecule has 3 rings (SSSR count). The number of anilines is 1. The first-order valence-electron chi connectivity index (χ1n) is 9.63. The first-order chi connectivity index (χ1) is 14.4. The third-order valence-electron chi connectivity index (χ3n) is 4.65. The molecule has 0 bridgehead atoms. The molecule has 0 radical (unpaired) electrons. The van der Waals surface area contributed by atoms with Crippen LogP contribution in [0.25, 0.3) is 0 Å². The number of hydrogen-bond donors (Lipinski definition) is 3. The average molecular weight is 429 g/mol. The average Bonchev–Trinajstić information content (AvgIpc) is 3.57. The number of carboxylic acid groups (broad SMARTS) is 1. The van der Waals surface area contributed by atoms with Gasteiger partial charge in [0, 0.05) is 22.6 Å². The zero-order valence-electron chi connectivity index (χ0n) is 16.6. The third-order valence-corrected chi connectivity index (χ3v) is 5.40. The van der Waals surface area contributed by atoms with Gasteiger partial charge in [0.05, 0.1) is 12.5 Å². The van der Waals surface area contributed by atoms with E-state index in [1.807, 2.05) is 30.5 Å². The Balaban J connectivity index is 1.57. The minimum absolute atomic E-state index is 0.00565. The van der Waals surface area contributed by atoms with Crippen molar-refractivity contribution in [2.24, 2.45) is 5.92 Å². The molecule has 2 aromatic carbocycles. The normalized spacial score (nSPS) is 13.9. The Hall–Kier alpha value is -3.00. The number of ether oxygens (including phenoxy) is 1. The summed E-state index contributed by atoms with van der Waals surface area (Å²) in [5, 5.41) is 14.7. The Morgan fingerprint density at radius 1 is 1.17 bits per heavy atom. The first-order valence-corrected chi connectivity index (χ1v) is 10.9. The minimum Gasteiger partial charge on any atom is -0.484 e. The Kier molecular flexibility index (Phi) is 7.35. The maximum absolute atomic E-state index is 12.4. The Bertz CT molecular complexity index is 912. The number of aliphatic carboxylic acids is 1. The molecule has 0 saturated heterocycles. The summed E-state index contributed by atoms with van der Waals surface area (Å²) in [6, 6.07) is 13.6. The van der Waals surface area contributed by atoms with Crippen LogP contribution < -0.4 is 15.4 Å². The second kappa shape index (κ2) is 10.2. The van der Waals surface area contributed by atoms with E-state index in [2.05, 4.69) is 10.6 Å². The lowest BCUT2D eigenvalue weighted by molar-refractivity contribution is -0.137. The molecule has 1 atom stereocenters. The van der Waals surface area contributed by atoms with E-state index in [0.717, 1.165) is 17.7 Å². The van der Waals surface area contributed by atoms with Crippen LogP contribution >= 0.6 is 11.8 Å². The van der Waals surface area contributed by atoms with E-state index >= 15 is 0 Å². The van der Waals surface area contributed by atoms with Gasteiger partial charge in [-0.25, -0.2) is 0 Å². The van der Waals surface area contributed by atoms with Gasteiger partial charge in [-0.3, -0.25) is 14.4 Å². The first kappa shape index (κ1) is 21.7. The molecule has 0 spiro atoms. The SMILES string of the molecule is CSc1ccc(C(CC(=O)O)NC(=O)COc2cccc(NC(=O)C3CC3)c2)cc1. The molecule has 8 heteroatoms. The Morgan fingerprint density at radius 3 is 2.53 bits per heavy atom. The molecule has 0 aromatic heterocycles. The summed E-state index contributed by atoms with van der Waals surface area (Å²) >= 11 is 1.58. The van der Waals surface area contributed by atoms with Crippen LogP contribution in [0.1, 0.15) is 30.9 Å². The second-order valence-electron chi connectivity index (χ2n) is 7.07. The van der Waals surface area contributed by atoms with Gasteiger partial charge in [-0.05, 0) is 48.9 Å². The van der Waals surface area contributed by atoms with Crippen molar-refractivity contribution in [3.05, 3.63) is 54.1 Å². The van der Waals surface area contributed by atoms with Gasteiger partial charge in [0.15, 0.2) is 6.61 Å². The predicted octanol–water partition coefficient (Wildman–Crippen LogP) is 3.47. The lowest BCUT2D eigenvalue weighted by atomic mass is 10.0. The standard InChI is InChI=1S/C22H24N2O5S/c1-30-18-9-7-14(8-10-18)19(12-21(26)27)24-20(25)13-29-17-4-2-3-16(11-17)23-22(28)15-5-6-15/h2-4,7-11,15,19H,5-6,12-13H2,1H3,(H,23,28)(H,24,25)(H,26,27). The number of amides is 2. The molecule has 0 heterocycles. The summed E-state index contributed by atoms with van der Waals surface area (Å²) < 4.78 is 5.53. The van der Waals surface area contributed by atoms with Gasteiger partial charge >= 0.3 is 5.97 Å². The van der Waals surface area contributed by atoms with E-state index < -0.39 is 17.9 Å². The molecule has 1 saturated carbocycles. The van der Waals surface area contributed by atoms with Crippen LogP contribution in [0, 0.1) is 5.92 Å². The summed E-state index contributed by atoms with van der Waals surface area (Å²) in [7, 11) is 0. The summed E-state index contributed by atoms with van der Waals surface area (Å²) in [4.78, 5) is 36.5. The van der Waals surface area contributed by atoms with Crippen molar-refractivity contribution in [3.8, 4) is 5.75 Å². The van der Waals surface area contributed by atoms with Crippen molar-refractivity contribution >= 4 is 35.2 Å². The molecule has 2 aromatic rings. The Morgan fingerprint density at radius 2 is 1.90 bits per heavy atom. The highest BCUT2D eigenvalue weighted by Gasteiger charge is 2.29. The summed E-state index contributed by atoms with van der Waals surface area (Å²) in [6.45, 7) is -0.265. The predicted molar refractivity (Wildman–Crippen MR) is 115 cm³/mol. The number of carbonyl (C=O) groups is 3. The maximum Gasteiger partial charge on any atom is 0.305 e. The largest absolute Gasteiger partial charge is 0.484 e. The summed E-state index contributed by atoms with van der Waals surface area (Å²) in [6.07, 6.45) is 3.56. The van der Waals surface area contributed by atoms with Crippen LogP contribution in [-0.2, 0) is 14.4 Å². The number of benzene rings is 2. The molecule has 7 nitrogen and oxygen atoms in total. The Labute approximate surface area is 179 Å². The number of carbonyl (C=O) groups excluding carboxylic acids is 2. The third kappa shape index (κ3) is 6.52. The molecule has 1 aliphatic carbocycles. The summed E-state index contributed by atoms with van der Waals surface area (Å²) in [5.41, 5.74) is 1.33. The molecule has 30 heavy (non-hydrogen) atoms. The quantitative estimate of drug-likeness (QED) is 0.501. The van der Waals surface area contributed by atoms with Gasteiger partial charge in [-0.15, -0.1) is 11.8 Å². The minimum atomic E-state index is -1.01. The fourth-order valence-electron chi connectivity index (χ4n) is 2.90. The molecule has 1 fully saturated rings. The van der Waals surface area contributed by atoms with E-state index in [0.29, 0.717) is 17.0 Å².